The minimum absolute atomic E-state index is 0.172. The number of nitrogens with one attached hydrogen (secondary N) is 2. The van der Waals surface area contributed by atoms with Gasteiger partial charge in [0.15, 0.2) is 5.69 Å². The number of aryl methyl sites for hydroxylation is 1. The Balaban J connectivity index is 1.18. The fraction of sp³-hybridized carbons (Fsp3) is 0.207. The number of imidazole rings is 1. The van der Waals surface area contributed by atoms with Gasteiger partial charge >= 0.3 is 6.18 Å². The Kier molecular flexibility index (Phi) is 5.16. The van der Waals surface area contributed by atoms with Gasteiger partial charge in [0.25, 0.3) is 5.56 Å². The Morgan fingerprint density at radius 1 is 1.07 bits per heavy atom. The minimum atomic E-state index is -4.64. The highest BCUT2D eigenvalue weighted by Crippen LogP contribution is 2.60. The average Bonchev–Trinajstić information content (AvgIpc) is 3.37. The molecule has 1 fully saturated rings. The Morgan fingerprint density at radius 2 is 1.93 bits per heavy atom. The van der Waals surface area contributed by atoms with Gasteiger partial charge in [0.05, 0.1) is 35.3 Å². The van der Waals surface area contributed by atoms with E-state index < -0.39 is 11.9 Å². The van der Waals surface area contributed by atoms with Crippen molar-refractivity contribution in [2.75, 3.05) is 0 Å². The first-order valence-electron chi connectivity index (χ1n) is 13.2. The first kappa shape index (κ1) is 25.0. The van der Waals surface area contributed by atoms with Crippen LogP contribution in [0.2, 0.25) is 5.02 Å². The van der Waals surface area contributed by atoms with Crippen LogP contribution in [0.15, 0.2) is 65.7 Å². The third kappa shape index (κ3) is 3.82. The zero-order chi connectivity index (χ0) is 28.9. The molecule has 5 heterocycles. The van der Waals surface area contributed by atoms with Crippen LogP contribution in [0.25, 0.3) is 39.0 Å². The summed E-state index contributed by atoms with van der Waals surface area (Å²) in [5.74, 6) is 1.09. The number of H-pyrrole nitrogens is 2. The molecular weight excluding hydrogens is 569 g/mol. The predicted octanol–water partition coefficient (Wildman–Crippen LogP) is 6.05. The van der Waals surface area contributed by atoms with Gasteiger partial charge in [0.2, 0.25) is 0 Å². The van der Waals surface area contributed by atoms with Gasteiger partial charge in [-0.15, -0.1) is 5.10 Å². The molecule has 3 atom stereocenters. The van der Waals surface area contributed by atoms with Gasteiger partial charge in [-0.3, -0.25) is 9.89 Å². The predicted molar refractivity (Wildman–Crippen MR) is 148 cm³/mol. The lowest BCUT2D eigenvalue weighted by Crippen LogP contribution is -2.26. The number of fused-ring (bicyclic) bond motifs is 4. The van der Waals surface area contributed by atoms with Crippen LogP contribution in [0.3, 0.4) is 0 Å². The fourth-order valence-electron chi connectivity index (χ4n) is 6.16. The number of aromatic amines is 2. The number of benzene rings is 2. The normalized spacial score (nSPS) is 19.3. The van der Waals surface area contributed by atoms with E-state index in [1.165, 1.54) is 6.07 Å². The molecular formula is C29H20ClF3N8O. The number of pyridine rings is 1. The summed E-state index contributed by atoms with van der Waals surface area (Å²) >= 11 is 6.29. The smallest absolute Gasteiger partial charge is 0.340 e. The Labute approximate surface area is 240 Å². The maximum Gasteiger partial charge on any atom is 0.436 e. The summed E-state index contributed by atoms with van der Waals surface area (Å²) in [6.45, 7) is 1.97. The highest BCUT2D eigenvalue weighted by Gasteiger charge is 2.54. The van der Waals surface area contributed by atoms with Crippen LogP contribution >= 0.6 is 11.6 Å². The number of hydrogen-bond donors (Lipinski definition) is 2. The molecule has 0 radical (unpaired) electrons. The lowest BCUT2D eigenvalue weighted by Gasteiger charge is -2.18. The second-order valence-electron chi connectivity index (χ2n) is 10.8. The molecule has 210 valence electrons. The second kappa shape index (κ2) is 8.65. The topological polar surface area (TPSA) is 110 Å². The van der Waals surface area contributed by atoms with E-state index >= 15 is 0 Å². The summed E-state index contributed by atoms with van der Waals surface area (Å²) in [7, 11) is 0. The van der Waals surface area contributed by atoms with Crippen molar-refractivity contribution in [2.24, 2.45) is 5.92 Å². The van der Waals surface area contributed by atoms with E-state index in [0.29, 0.717) is 27.7 Å². The van der Waals surface area contributed by atoms with E-state index in [2.05, 4.69) is 30.5 Å². The SMILES string of the molecule is Cc1[nH]nc2cc(-c3cnc(C4C5CC5c5cc(-c6cc(Cl)ccc6-n6cc(C(F)(F)F)nn6)cc(=O)n54)[nH]3)ccc12. The summed E-state index contributed by atoms with van der Waals surface area (Å²) in [6.07, 6.45) is -1.14. The summed E-state index contributed by atoms with van der Waals surface area (Å²) in [4.78, 5) is 21.7. The van der Waals surface area contributed by atoms with Gasteiger partial charge < -0.3 is 9.55 Å². The zero-order valence-corrected chi connectivity index (χ0v) is 22.6. The third-order valence-electron chi connectivity index (χ3n) is 8.23. The zero-order valence-electron chi connectivity index (χ0n) is 21.8. The van der Waals surface area contributed by atoms with Crippen molar-refractivity contribution in [3.8, 4) is 28.1 Å². The molecule has 6 aromatic rings. The van der Waals surface area contributed by atoms with Crippen LogP contribution in [0.5, 0.6) is 0 Å². The average molecular weight is 589 g/mol. The highest BCUT2D eigenvalue weighted by atomic mass is 35.5. The standard InChI is InChI=1S/C29H20ClF3N8O/c1-13-17-4-2-14(6-21(17)37-36-13)22-11-34-28(35-22)27-20-10-19(20)24-7-15(8-26(42)41(24)27)18-9-16(30)3-5-23(18)40-12-25(38-39-40)29(31,32)33/h2-9,11-12,19-20,27H,10H2,1H3,(H,34,35)(H,36,37). The van der Waals surface area contributed by atoms with Crippen molar-refractivity contribution < 1.29 is 13.2 Å². The Bertz CT molecular complexity index is 2110. The van der Waals surface area contributed by atoms with Crippen molar-refractivity contribution in [1.82, 2.24) is 39.7 Å². The van der Waals surface area contributed by atoms with E-state index in [-0.39, 0.29) is 23.4 Å². The molecule has 1 saturated carbocycles. The maximum atomic E-state index is 13.6. The van der Waals surface area contributed by atoms with Gasteiger partial charge in [0.1, 0.15) is 5.82 Å². The van der Waals surface area contributed by atoms with Crippen LogP contribution in [-0.4, -0.2) is 39.7 Å². The Hall–Kier alpha value is -4.71. The molecule has 1 aliphatic heterocycles. The molecule has 3 unspecified atom stereocenters. The van der Waals surface area contributed by atoms with Gasteiger partial charge in [0, 0.05) is 44.9 Å². The quantitative estimate of drug-likeness (QED) is 0.261. The van der Waals surface area contributed by atoms with Crippen LogP contribution < -0.4 is 5.56 Å². The summed E-state index contributed by atoms with van der Waals surface area (Å²) in [5, 5.41) is 15.7. The number of aromatic nitrogens is 8. The van der Waals surface area contributed by atoms with E-state index in [9.17, 15) is 18.0 Å². The first-order chi connectivity index (χ1) is 20.2. The molecule has 9 nitrogen and oxygen atoms in total. The number of alkyl halides is 3. The minimum Gasteiger partial charge on any atom is -0.340 e. The van der Waals surface area contributed by atoms with Crippen molar-refractivity contribution in [3.63, 3.8) is 0 Å². The summed E-state index contributed by atoms with van der Waals surface area (Å²) in [6, 6.07) is 13.9. The number of halogens is 4. The van der Waals surface area contributed by atoms with Crippen LogP contribution in [0.4, 0.5) is 13.2 Å². The third-order valence-corrected chi connectivity index (χ3v) is 8.47. The van der Waals surface area contributed by atoms with Crippen molar-refractivity contribution >= 4 is 22.5 Å². The molecule has 42 heavy (non-hydrogen) atoms. The molecule has 2 N–H and O–H groups in total. The fourth-order valence-corrected chi connectivity index (χ4v) is 6.33. The monoisotopic (exact) mass is 588 g/mol. The van der Waals surface area contributed by atoms with Gasteiger partial charge in [-0.2, -0.15) is 18.3 Å². The molecule has 8 rings (SSSR count). The van der Waals surface area contributed by atoms with Gasteiger partial charge in [-0.25, -0.2) is 9.67 Å². The lowest BCUT2D eigenvalue weighted by atomic mass is 10.0. The maximum absolute atomic E-state index is 13.6. The van der Waals surface area contributed by atoms with Crippen LogP contribution in [0.1, 0.15) is 41.3 Å². The van der Waals surface area contributed by atoms with Crippen LogP contribution in [0, 0.1) is 12.8 Å². The molecule has 1 aliphatic carbocycles. The van der Waals surface area contributed by atoms with Gasteiger partial charge in [-0.05, 0) is 55.2 Å². The summed E-state index contributed by atoms with van der Waals surface area (Å²) < 4.78 is 42.4. The molecule has 0 spiro atoms. The van der Waals surface area contributed by atoms with E-state index in [1.807, 2.05) is 31.2 Å². The first-order valence-corrected chi connectivity index (χ1v) is 13.6. The largest absolute Gasteiger partial charge is 0.436 e. The van der Waals surface area contributed by atoms with E-state index in [0.717, 1.165) is 50.8 Å². The number of rotatable bonds is 4. The lowest BCUT2D eigenvalue weighted by molar-refractivity contribution is -0.141. The number of nitrogens with zero attached hydrogens (tertiary/aromatic N) is 6. The second-order valence-corrected chi connectivity index (χ2v) is 11.2. The van der Waals surface area contributed by atoms with Gasteiger partial charge in [-0.1, -0.05) is 28.9 Å². The highest BCUT2D eigenvalue weighted by molar-refractivity contribution is 6.31. The molecule has 0 bridgehead atoms. The molecule has 0 saturated heterocycles. The number of hydrogen-bond acceptors (Lipinski definition) is 5. The molecule has 2 aromatic carbocycles. The molecule has 2 aliphatic rings. The van der Waals surface area contributed by atoms with E-state index in [4.69, 9.17) is 11.6 Å². The van der Waals surface area contributed by atoms with Crippen molar-refractivity contribution in [1.29, 1.82) is 0 Å². The van der Waals surface area contributed by atoms with Crippen LogP contribution in [-0.2, 0) is 6.18 Å². The molecule has 13 heteroatoms. The summed E-state index contributed by atoms with van der Waals surface area (Å²) in [5.41, 5.74) is 4.50. The van der Waals surface area contributed by atoms with E-state index in [1.54, 1.807) is 29.0 Å². The van der Waals surface area contributed by atoms with Crippen molar-refractivity contribution in [3.05, 3.63) is 99.2 Å². The molecule has 0 amide bonds. The molecule has 4 aromatic heterocycles. The van der Waals surface area contributed by atoms with Crippen molar-refractivity contribution in [2.45, 2.75) is 31.5 Å². The Morgan fingerprint density at radius 3 is 2.74 bits per heavy atom.